The zero-order valence-corrected chi connectivity index (χ0v) is 8.13. The summed E-state index contributed by atoms with van der Waals surface area (Å²) in [5.41, 5.74) is 5.33. The molecule has 0 unspecified atom stereocenters. The molecule has 0 spiro atoms. The molecule has 2 N–H and O–H groups in total. The van der Waals surface area contributed by atoms with Gasteiger partial charge in [-0.05, 0) is 19.4 Å². The fourth-order valence-electron chi connectivity index (χ4n) is 0.991. The fraction of sp³-hybridized carbons (Fsp3) is 0.700. The lowest BCUT2D eigenvalue weighted by atomic mass is 10.1. The van der Waals surface area contributed by atoms with Crippen LogP contribution >= 0.6 is 0 Å². The van der Waals surface area contributed by atoms with Crippen molar-refractivity contribution < 1.29 is 9.53 Å². The summed E-state index contributed by atoms with van der Waals surface area (Å²) >= 11 is 0. The number of carbonyl (C=O) groups is 1. The van der Waals surface area contributed by atoms with Crippen LogP contribution < -0.4 is 5.73 Å². The highest BCUT2D eigenvalue weighted by Gasteiger charge is 2.00. The summed E-state index contributed by atoms with van der Waals surface area (Å²) in [6.07, 6.45) is 6.19. The highest BCUT2D eigenvalue weighted by molar-refractivity contribution is 5.69. The third kappa shape index (κ3) is 9.08. The molecule has 0 aromatic carbocycles. The predicted molar refractivity (Wildman–Crippen MR) is 53.3 cm³/mol. The molecule has 0 aromatic heterocycles. The number of carbonyl (C=O) groups excluding carboxylic acids is 1. The third-order valence-electron chi connectivity index (χ3n) is 1.70. The Kier molecular flexibility index (Phi) is 8.67. The van der Waals surface area contributed by atoms with E-state index in [1.54, 1.807) is 6.08 Å². The summed E-state index contributed by atoms with van der Waals surface area (Å²) in [6.45, 7) is 4.52. The van der Waals surface area contributed by atoms with Gasteiger partial charge < -0.3 is 10.5 Å². The second-order valence-electron chi connectivity index (χ2n) is 2.92. The quantitative estimate of drug-likeness (QED) is 0.355. The van der Waals surface area contributed by atoms with Crippen molar-refractivity contribution in [2.75, 3.05) is 13.2 Å². The van der Waals surface area contributed by atoms with Crippen molar-refractivity contribution in [2.24, 2.45) is 5.73 Å². The van der Waals surface area contributed by atoms with Crippen molar-refractivity contribution in [3.63, 3.8) is 0 Å². The number of hydrogen-bond donors (Lipinski definition) is 1. The Hall–Kier alpha value is -0.830. The Labute approximate surface area is 79.9 Å². The molecule has 0 radical (unpaired) electrons. The lowest BCUT2D eigenvalue weighted by molar-refractivity contribution is -0.142. The van der Waals surface area contributed by atoms with Gasteiger partial charge in [0.1, 0.15) is 6.61 Å². The van der Waals surface area contributed by atoms with Crippen molar-refractivity contribution in [3.05, 3.63) is 12.7 Å². The molecule has 0 bridgehead atoms. The fourth-order valence-corrected chi connectivity index (χ4v) is 0.991. The molecule has 0 amide bonds. The minimum atomic E-state index is -0.132. The minimum absolute atomic E-state index is 0.132. The van der Waals surface area contributed by atoms with Gasteiger partial charge in [0.25, 0.3) is 0 Å². The maximum Gasteiger partial charge on any atom is 0.306 e. The summed E-state index contributed by atoms with van der Waals surface area (Å²) in [7, 11) is 0. The predicted octanol–water partition coefficient (Wildman–Crippen LogP) is 1.62. The van der Waals surface area contributed by atoms with Gasteiger partial charge in [0.15, 0.2) is 0 Å². The Balaban J connectivity index is 3.12. The van der Waals surface area contributed by atoms with Gasteiger partial charge in [0.2, 0.25) is 0 Å². The van der Waals surface area contributed by atoms with Crippen LogP contribution in [0.4, 0.5) is 0 Å². The molecule has 0 aromatic rings. The number of rotatable bonds is 8. The van der Waals surface area contributed by atoms with E-state index in [-0.39, 0.29) is 5.97 Å². The molecule has 0 atom stereocenters. The molecule has 0 fully saturated rings. The van der Waals surface area contributed by atoms with Gasteiger partial charge in [-0.2, -0.15) is 0 Å². The van der Waals surface area contributed by atoms with Crippen molar-refractivity contribution >= 4 is 5.97 Å². The topological polar surface area (TPSA) is 52.3 Å². The maximum absolute atomic E-state index is 10.9. The first-order valence-electron chi connectivity index (χ1n) is 4.78. The third-order valence-corrected chi connectivity index (χ3v) is 1.70. The molecule has 3 nitrogen and oxygen atoms in total. The van der Waals surface area contributed by atoms with Crippen molar-refractivity contribution in [1.82, 2.24) is 0 Å². The first-order valence-corrected chi connectivity index (χ1v) is 4.78. The zero-order valence-electron chi connectivity index (χ0n) is 8.13. The van der Waals surface area contributed by atoms with E-state index in [2.05, 4.69) is 6.58 Å². The SMILES string of the molecule is C=CCOC(=O)CCCCCCN. The van der Waals surface area contributed by atoms with Gasteiger partial charge in [-0.1, -0.05) is 25.5 Å². The molecule has 3 heteroatoms. The molecule has 76 valence electrons. The lowest BCUT2D eigenvalue weighted by Gasteiger charge is -2.01. The van der Waals surface area contributed by atoms with Gasteiger partial charge in [-0.15, -0.1) is 0 Å². The summed E-state index contributed by atoms with van der Waals surface area (Å²) in [6, 6.07) is 0. The molecule has 0 aliphatic heterocycles. The van der Waals surface area contributed by atoms with Crippen LogP contribution in [-0.2, 0) is 9.53 Å². The molecular formula is C10H19NO2. The van der Waals surface area contributed by atoms with E-state index in [0.717, 1.165) is 32.2 Å². The van der Waals surface area contributed by atoms with E-state index in [4.69, 9.17) is 10.5 Å². The van der Waals surface area contributed by atoms with E-state index >= 15 is 0 Å². The van der Waals surface area contributed by atoms with E-state index in [9.17, 15) is 4.79 Å². The first-order chi connectivity index (χ1) is 6.31. The van der Waals surface area contributed by atoms with Crippen molar-refractivity contribution in [2.45, 2.75) is 32.1 Å². The molecular weight excluding hydrogens is 166 g/mol. The van der Waals surface area contributed by atoms with Crippen LogP contribution in [0.3, 0.4) is 0 Å². The Morgan fingerprint density at radius 1 is 1.31 bits per heavy atom. The Morgan fingerprint density at radius 3 is 2.62 bits per heavy atom. The van der Waals surface area contributed by atoms with E-state index in [1.165, 1.54) is 0 Å². The number of nitrogens with two attached hydrogens (primary N) is 1. The molecule has 0 saturated heterocycles. The second kappa shape index (κ2) is 9.26. The summed E-state index contributed by atoms with van der Waals surface area (Å²) in [5, 5.41) is 0. The van der Waals surface area contributed by atoms with Crippen LogP contribution in [-0.4, -0.2) is 19.1 Å². The Bertz CT molecular complexity index is 146. The summed E-state index contributed by atoms with van der Waals surface area (Å²) in [4.78, 5) is 10.9. The average Bonchev–Trinajstić information content (AvgIpc) is 2.14. The van der Waals surface area contributed by atoms with Gasteiger partial charge in [-0.25, -0.2) is 0 Å². The van der Waals surface area contributed by atoms with Crippen LogP contribution in [0.15, 0.2) is 12.7 Å². The van der Waals surface area contributed by atoms with Crippen molar-refractivity contribution in [3.8, 4) is 0 Å². The number of esters is 1. The van der Waals surface area contributed by atoms with Gasteiger partial charge in [-0.3, -0.25) is 4.79 Å². The van der Waals surface area contributed by atoms with E-state index in [1.807, 2.05) is 0 Å². The van der Waals surface area contributed by atoms with Crippen LogP contribution in [0, 0.1) is 0 Å². The summed E-state index contributed by atoms with van der Waals surface area (Å²) < 4.78 is 4.82. The van der Waals surface area contributed by atoms with Gasteiger partial charge >= 0.3 is 5.97 Å². The highest BCUT2D eigenvalue weighted by atomic mass is 16.5. The molecule has 0 rings (SSSR count). The minimum Gasteiger partial charge on any atom is -0.461 e. The van der Waals surface area contributed by atoms with Gasteiger partial charge in [0, 0.05) is 6.42 Å². The van der Waals surface area contributed by atoms with Crippen molar-refractivity contribution in [1.29, 1.82) is 0 Å². The first kappa shape index (κ1) is 12.2. The van der Waals surface area contributed by atoms with Crippen LogP contribution in [0.2, 0.25) is 0 Å². The zero-order chi connectivity index (χ0) is 9.94. The molecule has 0 saturated carbocycles. The summed E-state index contributed by atoms with van der Waals surface area (Å²) in [5.74, 6) is -0.132. The maximum atomic E-state index is 10.9. The Morgan fingerprint density at radius 2 is 2.00 bits per heavy atom. The largest absolute Gasteiger partial charge is 0.461 e. The van der Waals surface area contributed by atoms with E-state index in [0.29, 0.717) is 13.0 Å². The highest BCUT2D eigenvalue weighted by Crippen LogP contribution is 2.03. The number of hydrogen-bond acceptors (Lipinski definition) is 3. The van der Waals surface area contributed by atoms with Crippen LogP contribution in [0.25, 0.3) is 0 Å². The normalized spacial score (nSPS) is 9.62. The van der Waals surface area contributed by atoms with Crippen LogP contribution in [0.1, 0.15) is 32.1 Å². The molecule has 0 heterocycles. The van der Waals surface area contributed by atoms with Crippen LogP contribution in [0.5, 0.6) is 0 Å². The molecule has 0 aliphatic rings. The molecule has 0 aliphatic carbocycles. The number of unbranched alkanes of at least 4 members (excludes halogenated alkanes) is 3. The van der Waals surface area contributed by atoms with Gasteiger partial charge in [0.05, 0.1) is 0 Å². The smallest absolute Gasteiger partial charge is 0.306 e. The lowest BCUT2D eigenvalue weighted by Crippen LogP contribution is -2.04. The monoisotopic (exact) mass is 185 g/mol. The second-order valence-corrected chi connectivity index (χ2v) is 2.92. The molecule has 13 heavy (non-hydrogen) atoms. The van der Waals surface area contributed by atoms with E-state index < -0.39 is 0 Å². The number of ether oxygens (including phenoxy) is 1. The average molecular weight is 185 g/mol. The standard InChI is InChI=1S/C10H19NO2/c1-2-9-13-10(12)7-5-3-4-6-8-11/h2H,1,3-9,11H2.